The molecule has 0 aliphatic carbocycles. The zero-order valence-electron chi connectivity index (χ0n) is 9.82. The highest BCUT2D eigenvalue weighted by atomic mass is 16.5. The predicted octanol–water partition coefficient (Wildman–Crippen LogP) is 1.59. The van der Waals surface area contributed by atoms with Gasteiger partial charge >= 0.3 is 5.97 Å². The van der Waals surface area contributed by atoms with E-state index in [0.29, 0.717) is 5.56 Å². The molecule has 0 unspecified atom stereocenters. The van der Waals surface area contributed by atoms with E-state index in [1.807, 2.05) is 26.0 Å². The van der Waals surface area contributed by atoms with Crippen LogP contribution in [0.15, 0.2) is 18.2 Å². The van der Waals surface area contributed by atoms with Gasteiger partial charge in [-0.1, -0.05) is 17.7 Å². The molecule has 4 nitrogen and oxygen atoms in total. The topological polar surface area (TPSA) is 63.6 Å². The standard InChI is InChI=1S/C13H14O4/c1-8-3-4-9(2)10(5-8)11(14)13(12(15)16)6-17-7-13/h3-5H,6-7H2,1-2H3,(H,15,16). The minimum atomic E-state index is -1.38. The summed E-state index contributed by atoms with van der Waals surface area (Å²) in [7, 11) is 0. The number of rotatable bonds is 3. The average Bonchev–Trinajstić information content (AvgIpc) is 2.19. The fourth-order valence-electron chi connectivity index (χ4n) is 1.90. The summed E-state index contributed by atoms with van der Waals surface area (Å²) in [6.45, 7) is 3.62. The van der Waals surface area contributed by atoms with Crippen molar-refractivity contribution in [2.24, 2.45) is 5.41 Å². The van der Waals surface area contributed by atoms with Crippen LogP contribution in [0.3, 0.4) is 0 Å². The Morgan fingerprint density at radius 2 is 1.94 bits per heavy atom. The maximum Gasteiger partial charge on any atom is 0.322 e. The minimum Gasteiger partial charge on any atom is -0.480 e. The van der Waals surface area contributed by atoms with Crippen molar-refractivity contribution in [3.63, 3.8) is 0 Å². The number of aliphatic carboxylic acids is 1. The van der Waals surface area contributed by atoms with Gasteiger partial charge < -0.3 is 9.84 Å². The van der Waals surface area contributed by atoms with Gasteiger partial charge in [-0.25, -0.2) is 0 Å². The first-order chi connectivity index (χ1) is 7.97. The molecule has 0 bridgehead atoms. The molecule has 1 aromatic rings. The molecule has 0 amide bonds. The highest BCUT2D eigenvalue weighted by molar-refractivity contribution is 6.13. The molecule has 17 heavy (non-hydrogen) atoms. The van der Waals surface area contributed by atoms with Gasteiger partial charge in [0.1, 0.15) is 0 Å². The Bertz CT molecular complexity index is 486. The maximum atomic E-state index is 12.3. The van der Waals surface area contributed by atoms with Crippen LogP contribution < -0.4 is 0 Å². The molecule has 0 aromatic heterocycles. The van der Waals surface area contributed by atoms with E-state index in [2.05, 4.69) is 0 Å². The van der Waals surface area contributed by atoms with Crippen molar-refractivity contribution in [3.8, 4) is 0 Å². The Hall–Kier alpha value is -1.68. The number of hydrogen-bond acceptors (Lipinski definition) is 3. The number of carboxylic acids is 1. The molecule has 0 spiro atoms. The van der Waals surface area contributed by atoms with Gasteiger partial charge in [-0.05, 0) is 25.5 Å². The lowest BCUT2D eigenvalue weighted by molar-refractivity contribution is -0.169. The van der Waals surface area contributed by atoms with Gasteiger partial charge in [-0.15, -0.1) is 0 Å². The van der Waals surface area contributed by atoms with Crippen molar-refractivity contribution >= 4 is 11.8 Å². The van der Waals surface area contributed by atoms with Crippen LogP contribution >= 0.6 is 0 Å². The first kappa shape index (κ1) is 11.8. The third kappa shape index (κ3) is 1.74. The second-order valence-electron chi connectivity index (χ2n) is 4.53. The summed E-state index contributed by atoms with van der Waals surface area (Å²) in [6.07, 6.45) is 0. The molecule has 0 atom stereocenters. The summed E-state index contributed by atoms with van der Waals surface area (Å²) in [5, 5.41) is 9.17. The van der Waals surface area contributed by atoms with Gasteiger partial charge in [0.15, 0.2) is 11.2 Å². The molecule has 1 aromatic carbocycles. The number of ketones is 1. The monoisotopic (exact) mass is 234 g/mol. The summed E-state index contributed by atoms with van der Waals surface area (Å²) in [5.74, 6) is -1.45. The van der Waals surface area contributed by atoms with Crippen LogP contribution in [-0.4, -0.2) is 30.1 Å². The zero-order valence-corrected chi connectivity index (χ0v) is 9.82. The molecule has 1 N–H and O–H groups in total. The molecule has 1 saturated heterocycles. The van der Waals surface area contributed by atoms with Crippen molar-refractivity contribution in [3.05, 3.63) is 34.9 Å². The van der Waals surface area contributed by atoms with E-state index < -0.39 is 11.4 Å². The third-order valence-electron chi connectivity index (χ3n) is 3.18. The molecule has 2 rings (SSSR count). The lowest BCUT2D eigenvalue weighted by atomic mass is 9.77. The van der Waals surface area contributed by atoms with Gasteiger partial charge in [0, 0.05) is 5.56 Å². The number of carboxylic acid groups (broad SMARTS) is 1. The predicted molar refractivity (Wildman–Crippen MR) is 61.1 cm³/mol. The van der Waals surface area contributed by atoms with Crippen molar-refractivity contribution in [1.82, 2.24) is 0 Å². The van der Waals surface area contributed by atoms with Crippen LogP contribution in [0, 0.1) is 19.3 Å². The molecule has 1 aliphatic heterocycles. The van der Waals surface area contributed by atoms with E-state index in [0.717, 1.165) is 11.1 Å². The van der Waals surface area contributed by atoms with Gasteiger partial charge in [-0.2, -0.15) is 0 Å². The summed E-state index contributed by atoms with van der Waals surface area (Å²) in [5.41, 5.74) is 0.849. The molecule has 0 radical (unpaired) electrons. The lowest BCUT2D eigenvalue weighted by Gasteiger charge is -2.36. The smallest absolute Gasteiger partial charge is 0.322 e. The maximum absolute atomic E-state index is 12.3. The van der Waals surface area contributed by atoms with E-state index in [1.54, 1.807) is 6.07 Å². The molecule has 90 valence electrons. The number of ether oxygens (including phenoxy) is 1. The van der Waals surface area contributed by atoms with Gasteiger partial charge in [0.25, 0.3) is 0 Å². The molecule has 1 aliphatic rings. The highest BCUT2D eigenvalue weighted by Crippen LogP contribution is 2.33. The summed E-state index contributed by atoms with van der Waals surface area (Å²) < 4.78 is 4.91. The van der Waals surface area contributed by atoms with Gasteiger partial charge in [-0.3, -0.25) is 9.59 Å². The first-order valence-corrected chi connectivity index (χ1v) is 5.40. The Kier molecular flexibility index (Phi) is 2.75. The Morgan fingerprint density at radius 1 is 1.29 bits per heavy atom. The summed E-state index contributed by atoms with van der Waals surface area (Å²) in [6, 6.07) is 5.47. The molecular weight excluding hydrogens is 220 g/mol. The zero-order chi connectivity index (χ0) is 12.6. The Labute approximate surface area is 99.2 Å². The number of hydrogen-bond donors (Lipinski definition) is 1. The largest absolute Gasteiger partial charge is 0.480 e. The van der Waals surface area contributed by atoms with Crippen LogP contribution in [0.4, 0.5) is 0 Å². The molecule has 1 fully saturated rings. The van der Waals surface area contributed by atoms with Crippen LogP contribution in [0.2, 0.25) is 0 Å². The number of aryl methyl sites for hydroxylation is 2. The summed E-state index contributed by atoms with van der Waals surface area (Å²) in [4.78, 5) is 23.5. The molecule has 0 saturated carbocycles. The normalized spacial score (nSPS) is 17.3. The number of Topliss-reactive ketones (excluding diaryl/α,β-unsaturated/α-hetero) is 1. The minimum absolute atomic E-state index is 0.0332. The highest BCUT2D eigenvalue weighted by Gasteiger charge is 2.53. The van der Waals surface area contributed by atoms with E-state index in [9.17, 15) is 14.7 Å². The fraction of sp³-hybridized carbons (Fsp3) is 0.385. The SMILES string of the molecule is Cc1ccc(C)c(C(=O)C2(C(=O)O)COC2)c1. The summed E-state index contributed by atoms with van der Waals surface area (Å²) >= 11 is 0. The molecule has 1 heterocycles. The Morgan fingerprint density at radius 3 is 2.41 bits per heavy atom. The number of benzene rings is 1. The van der Waals surface area contributed by atoms with Crippen LogP contribution in [0.1, 0.15) is 21.5 Å². The van der Waals surface area contributed by atoms with E-state index in [-0.39, 0.29) is 19.0 Å². The Balaban J connectivity index is 2.43. The van der Waals surface area contributed by atoms with Crippen molar-refractivity contribution in [2.75, 3.05) is 13.2 Å². The van der Waals surface area contributed by atoms with Crippen molar-refractivity contribution in [1.29, 1.82) is 0 Å². The second-order valence-corrected chi connectivity index (χ2v) is 4.53. The van der Waals surface area contributed by atoms with Crippen molar-refractivity contribution in [2.45, 2.75) is 13.8 Å². The van der Waals surface area contributed by atoms with Crippen LogP contribution in [0.25, 0.3) is 0 Å². The average molecular weight is 234 g/mol. The van der Waals surface area contributed by atoms with Crippen LogP contribution in [0.5, 0.6) is 0 Å². The third-order valence-corrected chi connectivity index (χ3v) is 3.18. The van der Waals surface area contributed by atoms with E-state index in [1.165, 1.54) is 0 Å². The van der Waals surface area contributed by atoms with Gasteiger partial charge in [0.05, 0.1) is 13.2 Å². The van der Waals surface area contributed by atoms with Gasteiger partial charge in [0.2, 0.25) is 0 Å². The van der Waals surface area contributed by atoms with E-state index >= 15 is 0 Å². The number of carbonyl (C=O) groups excluding carboxylic acids is 1. The quantitative estimate of drug-likeness (QED) is 0.637. The molecule has 4 heteroatoms. The van der Waals surface area contributed by atoms with Crippen molar-refractivity contribution < 1.29 is 19.4 Å². The number of carbonyl (C=O) groups is 2. The fourth-order valence-corrected chi connectivity index (χ4v) is 1.90. The molecular formula is C13H14O4. The lowest BCUT2D eigenvalue weighted by Crippen LogP contribution is -2.55. The van der Waals surface area contributed by atoms with Crippen LogP contribution in [-0.2, 0) is 9.53 Å². The van der Waals surface area contributed by atoms with E-state index in [4.69, 9.17) is 4.74 Å². The second kappa shape index (κ2) is 3.96. The first-order valence-electron chi connectivity index (χ1n) is 5.40.